The average Bonchev–Trinajstić information content (AvgIpc) is 2.96. The Labute approximate surface area is 148 Å². The van der Waals surface area contributed by atoms with Gasteiger partial charge in [-0.15, -0.1) is 0 Å². The van der Waals surface area contributed by atoms with Gasteiger partial charge in [-0.05, 0) is 62.6 Å². The summed E-state index contributed by atoms with van der Waals surface area (Å²) in [6, 6.07) is 14.4. The van der Waals surface area contributed by atoms with E-state index in [4.69, 9.17) is 0 Å². The van der Waals surface area contributed by atoms with Gasteiger partial charge in [-0.3, -0.25) is 9.36 Å². The lowest BCUT2D eigenvalue weighted by Crippen LogP contribution is -2.31. The maximum absolute atomic E-state index is 12.3. The standard InChI is InChI=1S/C21H25N3O/c1-5-14(3)22-21(25)17-9-12-20-19(13-17)23-15(4)24(20)18-10-7-16(6-2)8-11-18/h7-14H,5-6H2,1-4H3,(H,22,25)/t14-/m0/s1. The monoisotopic (exact) mass is 335 g/mol. The highest BCUT2D eigenvalue weighted by atomic mass is 16.1. The molecule has 1 N–H and O–H groups in total. The van der Waals surface area contributed by atoms with E-state index in [0.29, 0.717) is 5.56 Å². The van der Waals surface area contributed by atoms with Crippen LogP contribution in [0.3, 0.4) is 0 Å². The van der Waals surface area contributed by atoms with Crippen LogP contribution in [0.4, 0.5) is 0 Å². The summed E-state index contributed by atoms with van der Waals surface area (Å²) >= 11 is 0. The van der Waals surface area contributed by atoms with Gasteiger partial charge in [-0.1, -0.05) is 26.0 Å². The van der Waals surface area contributed by atoms with E-state index < -0.39 is 0 Å². The van der Waals surface area contributed by atoms with Crippen LogP contribution in [0.15, 0.2) is 42.5 Å². The Bertz CT molecular complexity index is 893. The summed E-state index contributed by atoms with van der Waals surface area (Å²) in [6.07, 6.45) is 1.94. The molecule has 3 aromatic rings. The van der Waals surface area contributed by atoms with Crippen molar-refractivity contribution in [2.75, 3.05) is 0 Å². The number of nitrogens with one attached hydrogen (secondary N) is 1. The molecule has 1 aromatic heterocycles. The first-order valence-electron chi connectivity index (χ1n) is 8.92. The van der Waals surface area contributed by atoms with Gasteiger partial charge in [-0.25, -0.2) is 4.98 Å². The topological polar surface area (TPSA) is 46.9 Å². The number of amides is 1. The van der Waals surface area contributed by atoms with Gasteiger partial charge >= 0.3 is 0 Å². The van der Waals surface area contributed by atoms with Crippen LogP contribution in [0, 0.1) is 6.92 Å². The van der Waals surface area contributed by atoms with E-state index in [9.17, 15) is 4.79 Å². The summed E-state index contributed by atoms with van der Waals surface area (Å²) in [5.74, 6) is 0.870. The van der Waals surface area contributed by atoms with Gasteiger partial charge < -0.3 is 5.32 Å². The van der Waals surface area contributed by atoms with Crippen molar-refractivity contribution in [1.82, 2.24) is 14.9 Å². The van der Waals surface area contributed by atoms with Crippen LogP contribution in [0.5, 0.6) is 0 Å². The summed E-state index contributed by atoms with van der Waals surface area (Å²) < 4.78 is 2.13. The summed E-state index contributed by atoms with van der Waals surface area (Å²) in [6.45, 7) is 8.21. The van der Waals surface area contributed by atoms with Crippen molar-refractivity contribution >= 4 is 16.9 Å². The van der Waals surface area contributed by atoms with Gasteiger partial charge in [0.2, 0.25) is 0 Å². The van der Waals surface area contributed by atoms with E-state index in [-0.39, 0.29) is 11.9 Å². The SMILES string of the molecule is CCc1ccc(-n2c(C)nc3cc(C(=O)N[C@@H](C)CC)ccc32)cc1. The van der Waals surface area contributed by atoms with E-state index in [0.717, 1.165) is 35.4 Å². The molecule has 0 saturated heterocycles. The number of carbonyl (C=O) groups is 1. The normalized spacial score (nSPS) is 12.3. The lowest BCUT2D eigenvalue weighted by molar-refractivity contribution is 0.0939. The van der Waals surface area contributed by atoms with E-state index >= 15 is 0 Å². The molecule has 0 unspecified atom stereocenters. The number of fused-ring (bicyclic) bond motifs is 1. The number of benzene rings is 2. The highest BCUT2D eigenvalue weighted by Gasteiger charge is 2.13. The Hall–Kier alpha value is -2.62. The number of carbonyl (C=O) groups excluding carboxylic acids is 1. The van der Waals surface area contributed by atoms with Crippen LogP contribution in [0.1, 0.15) is 48.9 Å². The predicted molar refractivity (Wildman–Crippen MR) is 102 cm³/mol. The summed E-state index contributed by atoms with van der Waals surface area (Å²) in [4.78, 5) is 17.0. The van der Waals surface area contributed by atoms with Gasteiger partial charge in [0.25, 0.3) is 5.91 Å². The van der Waals surface area contributed by atoms with Crippen molar-refractivity contribution in [2.45, 2.75) is 46.6 Å². The molecule has 1 atom stereocenters. The number of nitrogens with zero attached hydrogens (tertiary/aromatic N) is 2. The lowest BCUT2D eigenvalue weighted by atomic mass is 10.1. The van der Waals surface area contributed by atoms with Crippen LogP contribution in [-0.4, -0.2) is 21.5 Å². The maximum atomic E-state index is 12.3. The molecule has 1 heterocycles. The Balaban J connectivity index is 1.99. The fourth-order valence-electron chi connectivity index (χ4n) is 2.96. The highest BCUT2D eigenvalue weighted by molar-refractivity contribution is 5.97. The van der Waals surface area contributed by atoms with E-state index in [2.05, 4.69) is 53.0 Å². The zero-order valence-corrected chi connectivity index (χ0v) is 15.3. The first-order valence-corrected chi connectivity index (χ1v) is 8.92. The fraction of sp³-hybridized carbons (Fsp3) is 0.333. The quantitative estimate of drug-likeness (QED) is 0.750. The van der Waals surface area contributed by atoms with Gasteiger partial charge in [-0.2, -0.15) is 0 Å². The zero-order valence-electron chi connectivity index (χ0n) is 15.3. The van der Waals surface area contributed by atoms with Crippen molar-refractivity contribution in [1.29, 1.82) is 0 Å². The second-order valence-corrected chi connectivity index (χ2v) is 6.50. The van der Waals surface area contributed by atoms with Crippen LogP contribution in [0.25, 0.3) is 16.7 Å². The van der Waals surface area contributed by atoms with Gasteiger partial charge in [0, 0.05) is 17.3 Å². The number of aromatic nitrogens is 2. The largest absolute Gasteiger partial charge is 0.350 e. The molecular weight excluding hydrogens is 310 g/mol. The summed E-state index contributed by atoms with van der Waals surface area (Å²) in [5.41, 5.74) is 4.92. The van der Waals surface area contributed by atoms with Gasteiger partial charge in [0.15, 0.2) is 0 Å². The van der Waals surface area contributed by atoms with Crippen LogP contribution >= 0.6 is 0 Å². The molecule has 0 radical (unpaired) electrons. The Morgan fingerprint density at radius 1 is 1.16 bits per heavy atom. The highest BCUT2D eigenvalue weighted by Crippen LogP contribution is 2.23. The molecule has 3 rings (SSSR count). The minimum absolute atomic E-state index is 0.0456. The lowest BCUT2D eigenvalue weighted by Gasteiger charge is -2.11. The molecule has 0 aliphatic rings. The second-order valence-electron chi connectivity index (χ2n) is 6.50. The minimum atomic E-state index is -0.0456. The molecule has 0 spiro atoms. The number of hydrogen-bond acceptors (Lipinski definition) is 2. The number of imidazole rings is 1. The molecule has 4 nitrogen and oxygen atoms in total. The summed E-state index contributed by atoms with van der Waals surface area (Å²) in [5, 5.41) is 3.00. The minimum Gasteiger partial charge on any atom is -0.350 e. The second kappa shape index (κ2) is 7.09. The van der Waals surface area contributed by atoms with Crippen LogP contribution in [-0.2, 0) is 6.42 Å². The Morgan fingerprint density at radius 3 is 2.52 bits per heavy atom. The van der Waals surface area contributed by atoms with Crippen molar-refractivity contribution in [3.8, 4) is 5.69 Å². The molecule has 0 bridgehead atoms. The molecular formula is C21H25N3O. The zero-order chi connectivity index (χ0) is 18.0. The number of hydrogen-bond donors (Lipinski definition) is 1. The molecule has 130 valence electrons. The first kappa shape index (κ1) is 17.2. The fourth-order valence-corrected chi connectivity index (χ4v) is 2.96. The molecule has 0 aliphatic heterocycles. The smallest absolute Gasteiger partial charge is 0.251 e. The summed E-state index contributed by atoms with van der Waals surface area (Å²) in [7, 11) is 0. The van der Waals surface area contributed by atoms with E-state index in [1.807, 2.05) is 32.0 Å². The molecule has 0 fully saturated rings. The van der Waals surface area contributed by atoms with Crippen molar-refractivity contribution in [3.63, 3.8) is 0 Å². The van der Waals surface area contributed by atoms with E-state index in [1.54, 1.807) is 0 Å². The number of aryl methyl sites for hydroxylation is 2. The molecule has 4 heteroatoms. The third kappa shape index (κ3) is 3.43. The van der Waals surface area contributed by atoms with Gasteiger partial charge in [0.05, 0.1) is 11.0 Å². The van der Waals surface area contributed by atoms with Gasteiger partial charge in [0.1, 0.15) is 5.82 Å². The van der Waals surface area contributed by atoms with Crippen LogP contribution in [0.2, 0.25) is 0 Å². The predicted octanol–water partition coefficient (Wildman–Crippen LogP) is 4.42. The molecule has 2 aromatic carbocycles. The van der Waals surface area contributed by atoms with E-state index in [1.165, 1.54) is 5.56 Å². The maximum Gasteiger partial charge on any atom is 0.251 e. The molecule has 1 amide bonds. The molecule has 25 heavy (non-hydrogen) atoms. The van der Waals surface area contributed by atoms with Crippen molar-refractivity contribution in [3.05, 3.63) is 59.4 Å². The average molecular weight is 335 g/mol. The van der Waals surface area contributed by atoms with Crippen LogP contribution < -0.4 is 5.32 Å². The third-order valence-electron chi connectivity index (χ3n) is 4.68. The van der Waals surface area contributed by atoms with Crippen molar-refractivity contribution < 1.29 is 4.79 Å². The number of rotatable bonds is 5. The third-order valence-corrected chi connectivity index (χ3v) is 4.68. The van der Waals surface area contributed by atoms with Crippen molar-refractivity contribution in [2.24, 2.45) is 0 Å². The Kier molecular flexibility index (Phi) is 4.88. The molecule has 0 aliphatic carbocycles. The molecule has 0 saturated carbocycles. The Morgan fingerprint density at radius 2 is 1.88 bits per heavy atom. The first-order chi connectivity index (χ1) is 12.0.